The largest absolute Gasteiger partial charge is 0.508 e. The molecule has 3 N–H and O–H groups in total. The lowest BCUT2D eigenvalue weighted by atomic mass is 10.0. The molecule has 0 aliphatic heterocycles. The van der Waals surface area contributed by atoms with Gasteiger partial charge in [-0.25, -0.2) is 4.39 Å². The fourth-order valence-electron chi connectivity index (χ4n) is 2.44. The van der Waals surface area contributed by atoms with Crippen molar-refractivity contribution in [3.05, 3.63) is 53.5 Å². The summed E-state index contributed by atoms with van der Waals surface area (Å²) in [7, 11) is 0. The van der Waals surface area contributed by atoms with Crippen LogP contribution in [0.25, 0.3) is 11.3 Å². The molecule has 0 bridgehead atoms. The van der Waals surface area contributed by atoms with Gasteiger partial charge in [-0.2, -0.15) is 5.10 Å². The van der Waals surface area contributed by atoms with Crippen LogP contribution in [-0.2, 0) is 6.42 Å². The number of H-pyrrole nitrogens is 1. The number of aryl methyl sites for hydroxylation is 2. The Hall–Kier alpha value is -3.02. The molecule has 3 aromatic rings. The predicted octanol–water partition coefficient (Wildman–Crippen LogP) is 4.29. The van der Waals surface area contributed by atoms with Gasteiger partial charge in [0.05, 0.1) is 5.69 Å². The first-order chi connectivity index (χ1) is 11.5. The number of phenolic OH excluding ortho intramolecular Hbond substituents is 2. The van der Waals surface area contributed by atoms with Crippen LogP contribution in [0, 0.1) is 12.7 Å². The molecule has 0 amide bonds. The topological polar surface area (TPSA) is 78.4 Å². The van der Waals surface area contributed by atoms with Crippen LogP contribution in [0.15, 0.2) is 36.4 Å². The van der Waals surface area contributed by atoms with Crippen molar-refractivity contribution in [3.8, 4) is 34.3 Å². The molecule has 0 saturated heterocycles. The van der Waals surface area contributed by atoms with E-state index in [1.807, 2.05) is 6.92 Å². The average Bonchev–Trinajstić information content (AvgIpc) is 2.91. The number of nitrogens with one attached hydrogen (secondary N) is 1. The SMILES string of the molecule is CCc1cc(-c2n[nH]c(C)c2Oc2ccc(F)cc2)c(O)cc1O. The van der Waals surface area contributed by atoms with Gasteiger partial charge in [0.2, 0.25) is 0 Å². The summed E-state index contributed by atoms with van der Waals surface area (Å²) in [6.45, 7) is 3.69. The number of hydrogen-bond donors (Lipinski definition) is 3. The summed E-state index contributed by atoms with van der Waals surface area (Å²) < 4.78 is 18.8. The van der Waals surface area contributed by atoms with E-state index in [0.717, 1.165) is 0 Å². The molecule has 0 aliphatic carbocycles. The van der Waals surface area contributed by atoms with E-state index < -0.39 is 0 Å². The minimum Gasteiger partial charge on any atom is -0.508 e. The number of aromatic hydroxyl groups is 2. The van der Waals surface area contributed by atoms with Crippen LogP contribution in [0.3, 0.4) is 0 Å². The van der Waals surface area contributed by atoms with E-state index in [1.165, 1.54) is 30.3 Å². The number of nitrogens with zero attached hydrogens (tertiary/aromatic N) is 1. The lowest BCUT2D eigenvalue weighted by Crippen LogP contribution is -1.90. The molecule has 6 heteroatoms. The predicted molar refractivity (Wildman–Crippen MR) is 87.9 cm³/mol. The standard InChI is InChI=1S/C18H17FN2O3/c1-3-11-8-14(16(23)9-15(11)22)17-18(10(2)20-21-17)24-13-6-4-12(19)5-7-13/h4-9,22-23H,3H2,1-2H3,(H,20,21). The number of ether oxygens (including phenoxy) is 1. The Morgan fingerprint density at radius 2 is 1.83 bits per heavy atom. The Bertz CT molecular complexity index is 873. The Kier molecular flexibility index (Phi) is 4.12. The molecule has 1 heterocycles. The summed E-state index contributed by atoms with van der Waals surface area (Å²) in [6, 6.07) is 8.60. The molecule has 124 valence electrons. The van der Waals surface area contributed by atoms with E-state index >= 15 is 0 Å². The van der Waals surface area contributed by atoms with Crippen LogP contribution >= 0.6 is 0 Å². The molecule has 2 aromatic carbocycles. The third-order valence-corrected chi connectivity index (χ3v) is 3.76. The molecule has 24 heavy (non-hydrogen) atoms. The molecule has 0 saturated carbocycles. The molecule has 0 fully saturated rings. The van der Waals surface area contributed by atoms with Crippen LogP contribution in [0.4, 0.5) is 4.39 Å². The number of aromatic nitrogens is 2. The zero-order valence-electron chi connectivity index (χ0n) is 13.3. The highest BCUT2D eigenvalue weighted by Gasteiger charge is 2.19. The van der Waals surface area contributed by atoms with Crippen LogP contribution in [0.1, 0.15) is 18.2 Å². The Morgan fingerprint density at radius 3 is 2.50 bits per heavy atom. The van der Waals surface area contributed by atoms with Crippen LogP contribution in [0.2, 0.25) is 0 Å². The molecule has 0 atom stereocenters. The second-order valence-corrected chi connectivity index (χ2v) is 5.43. The first kappa shape index (κ1) is 15.9. The van der Waals surface area contributed by atoms with Crippen molar-refractivity contribution >= 4 is 0 Å². The summed E-state index contributed by atoms with van der Waals surface area (Å²) in [5, 5.41) is 27.0. The van der Waals surface area contributed by atoms with Gasteiger partial charge in [0, 0.05) is 11.6 Å². The van der Waals surface area contributed by atoms with Crippen molar-refractivity contribution in [1.82, 2.24) is 10.2 Å². The second-order valence-electron chi connectivity index (χ2n) is 5.43. The van der Waals surface area contributed by atoms with Crippen LogP contribution in [0.5, 0.6) is 23.0 Å². The normalized spacial score (nSPS) is 10.8. The molecule has 1 aromatic heterocycles. The highest BCUT2D eigenvalue weighted by atomic mass is 19.1. The summed E-state index contributed by atoms with van der Waals surface area (Å²) in [5.74, 6) is 0.475. The van der Waals surface area contributed by atoms with Gasteiger partial charge in [0.15, 0.2) is 5.75 Å². The smallest absolute Gasteiger partial charge is 0.176 e. The van der Waals surface area contributed by atoms with Crippen LogP contribution < -0.4 is 4.74 Å². The van der Waals surface area contributed by atoms with Gasteiger partial charge in [-0.1, -0.05) is 6.92 Å². The van der Waals surface area contributed by atoms with Crippen LogP contribution in [-0.4, -0.2) is 20.4 Å². The quantitative estimate of drug-likeness (QED) is 0.667. The van der Waals surface area contributed by atoms with E-state index in [2.05, 4.69) is 10.2 Å². The summed E-state index contributed by atoms with van der Waals surface area (Å²) >= 11 is 0. The third kappa shape index (κ3) is 2.90. The van der Waals surface area contributed by atoms with E-state index in [-0.39, 0.29) is 17.3 Å². The van der Waals surface area contributed by atoms with Gasteiger partial charge in [0.25, 0.3) is 0 Å². The first-order valence-electron chi connectivity index (χ1n) is 7.53. The number of aromatic amines is 1. The fraction of sp³-hybridized carbons (Fsp3) is 0.167. The lowest BCUT2D eigenvalue weighted by Gasteiger charge is -2.10. The van der Waals surface area contributed by atoms with E-state index in [4.69, 9.17) is 4.74 Å². The maximum atomic E-state index is 13.0. The lowest BCUT2D eigenvalue weighted by molar-refractivity contribution is 0.446. The monoisotopic (exact) mass is 328 g/mol. The minimum atomic E-state index is -0.352. The second kappa shape index (κ2) is 6.23. The molecule has 0 spiro atoms. The van der Waals surface area contributed by atoms with E-state index in [9.17, 15) is 14.6 Å². The molecular weight excluding hydrogens is 311 g/mol. The Morgan fingerprint density at radius 1 is 1.12 bits per heavy atom. The van der Waals surface area contributed by atoms with Crippen molar-refractivity contribution in [3.63, 3.8) is 0 Å². The van der Waals surface area contributed by atoms with Crippen molar-refractivity contribution < 1.29 is 19.3 Å². The zero-order valence-corrected chi connectivity index (χ0v) is 13.3. The van der Waals surface area contributed by atoms with Gasteiger partial charge in [-0.05, 0) is 49.2 Å². The maximum absolute atomic E-state index is 13.0. The van der Waals surface area contributed by atoms with Gasteiger partial charge in [-0.3, -0.25) is 5.10 Å². The van der Waals surface area contributed by atoms with Gasteiger partial charge in [0.1, 0.15) is 28.8 Å². The number of hydrogen-bond acceptors (Lipinski definition) is 4. The minimum absolute atomic E-state index is 0.0343. The first-order valence-corrected chi connectivity index (χ1v) is 7.53. The molecule has 0 unspecified atom stereocenters. The fourth-order valence-corrected chi connectivity index (χ4v) is 2.44. The maximum Gasteiger partial charge on any atom is 0.176 e. The van der Waals surface area contributed by atoms with Gasteiger partial charge in [-0.15, -0.1) is 0 Å². The summed E-state index contributed by atoms with van der Waals surface area (Å²) in [6.07, 6.45) is 0.608. The number of halogens is 1. The van der Waals surface area contributed by atoms with Gasteiger partial charge >= 0.3 is 0 Å². The number of phenols is 2. The van der Waals surface area contributed by atoms with Crippen molar-refractivity contribution in [2.24, 2.45) is 0 Å². The van der Waals surface area contributed by atoms with E-state index in [0.29, 0.717) is 40.4 Å². The Labute approximate surface area is 138 Å². The molecule has 0 aliphatic rings. The molecular formula is C18H17FN2O3. The highest BCUT2D eigenvalue weighted by Crippen LogP contribution is 2.41. The highest BCUT2D eigenvalue weighted by molar-refractivity contribution is 5.75. The summed E-state index contributed by atoms with van der Waals surface area (Å²) in [4.78, 5) is 0. The molecule has 5 nitrogen and oxygen atoms in total. The molecule has 3 rings (SSSR count). The number of rotatable bonds is 4. The third-order valence-electron chi connectivity index (χ3n) is 3.76. The van der Waals surface area contributed by atoms with Crippen molar-refractivity contribution in [2.75, 3.05) is 0 Å². The average molecular weight is 328 g/mol. The summed E-state index contributed by atoms with van der Waals surface area (Å²) in [5.41, 5.74) is 2.23. The molecule has 0 radical (unpaired) electrons. The van der Waals surface area contributed by atoms with E-state index in [1.54, 1.807) is 13.0 Å². The number of benzene rings is 2. The Balaban J connectivity index is 2.06. The van der Waals surface area contributed by atoms with Crippen molar-refractivity contribution in [2.45, 2.75) is 20.3 Å². The zero-order chi connectivity index (χ0) is 17.3. The van der Waals surface area contributed by atoms with Gasteiger partial charge < -0.3 is 14.9 Å². The van der Waals surface area contributed by atoms with Crippen molar-refractivity contribution in [1.29, 1.82) is 0 Å².